The number of anilines is 1. The van der Waals surface area contributed by atoms with Crippen molar-refractivity contribution in [3.63, 3.8) is 0 Å². The van der Waals surface area contributed by atoms with E-state index in [0.29, 0.717) is 12.1 Å². The number of carbonyl (C=O) groups is 1. The molecule has 0 bridgehead atoms. The summed E-state index contributed by atoms with van der Waals surface area (Å²) in [5.74, 6) is 0.0120. The highest BCUT2D eigenvalue weighted by atomic mass is 16.3. The van der Waals surface area contributed by atoms with Crippen LogP contribution in [0, 0.1) is 0 Å². The quantitative estimate of drug-likeness (QED) is 0.873. The van der Waals surface area contributed by atoms with Crippen LogP contribution in [0.25, 0.3) is 0 Å². The van der Waals surface area contributed by atoms with Gasteiger partial charge in [-0.25, -0.2) is 0 Å². The molecule has 0 spiro atoms. The lowest BCUT2D eigenvalue weighted by atomic mass is 10.1. The van der Waals surface area contributed by atoms with Crippen molar-refractivity contribution in [3.8, 4) is 0 Å². The van der Waals surface area contributed by atoms with Crippen LogP contribution < -0.4 is 5.32 Å². The second kappa shape index (κ2) is 6.57. The van der Waals surface area contributed by atoms with Gasteiger partial charge in [0.1, 0.15) is 0 Å². The summed E-state index contributed by atoms with van der Waals surface area (Å²) in [7, 11) is 0. The van der Waals surface area contributed by atoms with Crippen molar-refractivity contribution < 1.29 is 9.90 Å². The minimum Gasteiger partial charge on any atom is -0.391 e. The number of likely N-dealkylation sites (tertiary alicyclic amines) is 1. The molecule has 1 amide bonds. The lowest BCUT2D eigenvalue weighted by Gasteiger charge is -2.30. The van der Waals surface area contributed by atoms with Crippen LogP contribution in [0.3, 0.4) is 0 Å². The number of aliphatic hydroxyl groups excluding tert-OH is 1. The van der Waals surface area contributed by atoms with Crippen LogP contribution in [-0.4, -0.2) is 41.7 Å². The molecule has 19 heavy (non-hydrogen) atoms. The number of carbonyl (C=O) groups excluding carboxylic acids is 1. The number of nitrogens with one attached hydrogen (secondary N) is 1. The summed E-state index contributed by atoms with van der Waals surface area (Å²) in [4.78, 5) is 14.3. The number of rotatable bonds is 4. The van der Waals surface area contributed by atoms with Gasteiger partial charge >= 0.3 is 0 Å². The number of aliphatic hydroxyl groups is 1. The normalized spacial score (nSPS) is 19.3. The zero-order valence-corrected chi connectivity index (χ0v) is 11.4. The first-order valence-electron chi connectivity index (χ1n) is 7.02. The maximum atomic E-state index is 12.5. The second-order valence-electron chi connectivity index (χ2n) is 5.02. The number of benzene rings is 1. The van der Waals surface area contributed by atoms with E-state index < -0.39 is 0 Å². The van der Waals surface area contributed by atoms with E-state index >= 15 is 0 Å². The standard InChI is InChI=1S/C15H22N2O2/c1-2-9-16-14-8-4-3-7-13(14)15(19)17-10-5-6-12(18)11-17/h3-4,7-8,12,16,18H,2,5-6,9-11H2,1H3/t12-/m0/s1. The van der Waals surface area contributed by atoms with E-state index in [9.17, 15) is 9.90 Å². The Morgan fingerprint density at radius 1 is 1.47 bits per heavy atom. The summed E-state index contributed by atoms with van der Waals surface area (Å²) >= 11 is 0. The first-order valence-corrected chi connectivity index (χ1v) is 7.02. The molecule has 4 heteroatoms. The Kier molecular flexibility index (Phi) is 4.80. The zero-order valence-electron chi connectivity index (χ0n) is 11.4. The molecule has 0 saturated carbocycles. The Morgan fingerprint density at radius 3 is 3.00 bits per heavy atom. The number of hydrogen-bond donors (Lipinski definition) is 2. The fourth-order valence-corrected chi connectivity index (χ4v) is 2.39. The predicted molar refractivity (Wildman–Crippen MR) is 76.4 cm³/mol. The van der Waals surface area contributed by atoms with Gasteiger partial charge in [-0.05, 0) is 31.4 Å². The van der Waals surface area contributed by atoms with Crippen LogP contribution in [0.4, 0.5) is 5.69 Å². The number of amides is 1. The maximum absolute atomic E-state index is 12.5. The molecule has 0 aromatic heterocycles. The summed E-state index contributed by atoms with van der Waals surface area (Å²) < 4.78 is 0. The van der Waals surface area contributed by atoms with Crippen LogP contribution >= 0.6 is 0 Å². The third-order valence-corrected chi connectivity index (χ3v) is 3.41. The van der Waals surface area contributed by atoms with Crippen molar-refractivity contribution in [2.24, 2.45) is 0 Å². The van der Waals surface area contributed by atoms with Gasteiger partial charge in [0.05, 0.1) is 11.7 Å². The molecule has 1 aromatic rings. The third-order valence-electron chi connectivity index (χ3n) is 3.41. The van der Waals surface area contributed by atoms with Gasteiger partial charge < -0.3 is 15.3 Å². The van der Waals surface area contributed by atoms with Crippen LogP contribution in [0.1, 0.15) is 36.5 Å². The molecule has 104 valence electrons. The van der Waals surface area contributed by atoms with E-state index in [1.807, 2.05) is 24.3 Å². The second-order valence-corrected chi connectivity index (χ2v) is 5.02. The summed E-state index contributed by atoms with van der Waals surface area (Å²) in [5.41, 5.74) is 1.58. The fourth-order valence-electron chi connectivity index (χ4n) is 2.39. The molecule has 1 aliphatic rings. The van der Waals surface area contributed by atoms with E-state index in [4.69, 9.17) is 0 Å². The summed E-state index contributed by atoms with van der Waals surface area (Å²) in [5, 5.41) is 13.0. The molecule has 1 fully saturated rings. The molecule has 2 rings (SSSR count). The number of nitrogens with zero attached hydrogens (tertiary/aromatic N) is 1. The highest BCUT2D eigenvalue weighted by Gasteiger charge is 2.24. The Labute approximate surface area is 114 Å². The molecule has 1 heterocycles. The Hall–Kier alpha value is -1.55. The van der Waals surface area contributed by atoms with Gasteiger partial charge in [0.25, 0.3) is 5.91 Å². The largest absolute Gasteiger partial charge is 0.391 e. The van der Waals surface area contributed by atoms with E-state index in [-0.39, 0.29) is 12.0 Å². The molecule has 0 aliphatic carbocycles. The minimum atomic E-state index is -0.381. The van der Waals surface area contributed by atoms with Crippen molar-refractivity contribution in [1.82, 2.24) is 4.90 Å². The first kappa shape index (κ1) is 13.9. The van der Waals surface area contributed by atoms with Gasteiger partial charge in [0.15, 0.2) is 0 Å². The predicted octanol–water partition coefficient (Wildman–Crippen LogP) is 2.11. The smallest absolute Gasteiger partial charge is 0.256 e. The number of para-hydroxylation sites is 1. The Morgan fingerprint density at radius 2 is 2.26 bits per heavy atom. The average molecular weight is 262 g/mol. The number of β-amino-alcohol motifs (C(OH)–C–C–N with tert-alkyl or cyclic N) is 1. The van der Waals surface area contributed by atoms with Gasteiger partial charge in [-0.2, -0.15) is 0 Å². The molecular formula is C15H22N2O2. The van der Waals surface area contributed by atoms with Gasteiger partial charge in [0, 0.05) is 25.3 Å². The van der Waals surface area contributed by atoms with E-state index in [0.717, 1.165) is 38.0 Å². The summed E-state index contributed by atoms with van der Waals surface area (Å²) in [6.07, 6.45) is 2.30. The Bertz CT molecular complexity index is 434. The van der Waals surface area contributed by atoms with E-state index in [1.54, 1.807) is 4.90 Å². The lowest BCUT2D eigenvalue weighted by Crippen LogP contribution is -2.42. The van der Waals surface area contributed by atoms with Crippen LogP contribution in [0.5, 0.6) is 0 Å². The molecule has 2 N–H and O–H groups in total. The highest BCUT2D eigenvalue weighted by molar-refractivity contribution is 5.99. The van der Waals surface area contributed by atoms with Crippen molar-refractivity contribution in [1.29, 1.82) is 0 Å². The Balaban J connectivity index is 2.13. The van der Waals surface area contributed by atoms with E-state index in [1.165, 1.54) is 0 Å². The molecular weight excluding hydrogens is 240 g/mol. The van der Waals surface area contributed by atoms with E-state index in [2.05, 4.69) is 12.2 Å². The van der Waals surface area contributed by atoms with Crippen LogP contribution in [-0.2, 0) is 0 Å². The first-order chi connectivity index (χ1) is 9.22. The van der Waals surface area contributed by atoms with Crippen LogP contribution in [0.15, 0.2) is 24.3 Å². The molecule has 1 aliphatic heterocycles. The lowest BCUT2D eigenvalue weighted by molar-refractivity contribution is 0.0474. The molecule has 1 atom stereocenters. The van der Waals surface area contributed by atoms with Gasteiger partial charge in [-0.3, -0.25) is 4.79 Å². The molecule has 0 radical (unpaired) electrons. The summed E-state index contributed by atoms with van der Waals surface area (Å²) in [6.45, 7) is 4.13. The molecule has 0 unspecified atom stereocenters. The SMILES string of the molecule is CCCNc1ccccc1C(=O)N1CCC[C@H](O)C1. The van der Waals surface area contributed by atoms with Gasteiger partial charge in [-0.1, -0.05) is 19.1 Å². The third kappa shape index (κ3) is 3.47. The minimum absolute atomic E-state index is 0.0120. The molecule has 1 saturated heterocycles. The van der Waals surface area contributed by atoms with Crippen molar-refractivity contribution in [2.45, 2.75) is 32.3 Å². The monoisotopic (exact) mass is 262 g/mol. The molecule has 1 aromatic carbocycles. The topological polar surface area (TPSA) is 52.6 Å². The number of hydrogen-bond acceptors (Lipinski definition) is 3. The number of piperidine rings is 1. The van der Waals surface area contributed by atoms with Crippen molar-refractivity contribution >= 4 is 11.6 Å². The fraction of sp³-hybridized carbons (Fsp3) is 0.533. The molecule has 4 nitrogen and oxygen atoms in total. The van der Waals surface area contributed by atoms with Crippen molar-refractivity contribution in [3.05, 3.63) is 29.8 Å². The van der Waals surface area contributed by atoms with Gasteiger partial charge in [-0.15, -0.1) is 0 Å². The average Bonchev–Trinajstić information content (AvgIpc) is 2.44. The maximum Gasteiger partial charge on any atom is 0.256 e. The highest BCUT2D eigenvalue weighted by Crippen LogP contribution is 2.20. The van der Waals surface area contributed by atoms with Crippen LogP contribution in [0.2, 0.25) is 0 Å². The zero-order chi connectivity index (χ0) is 13.7. The van der Waals surface area contributed by atoms with Crippen molar-refractivity contribution in [2.75, 3.05) is 25.0 Å². The van der Waals surface area contributed by atoms with Gasteiger partial charge in [0.2, 0.25) is 0 Å². The summed E-state index contributed by atoms with van der Waals surface area (Å²) in [6, 6.07) is 7.59.